The molecule has 34 heavy (non-hydrogen) atoms. The number of methoxy groups -OCH3 is 2. The Morgan fingerprint density at radius 1 is 0.824 bits per heavy atom. The molecule has 5 nitrogen and oxygen atoms in total. The zero-order chi connectivity index (χ0) is 24.1. The minimum Gasteiger partial charge on any atom is -0.493 e. The van der Waals surface area contributed by atoms with Gasteiger partial charge in [-0.05, 0) is 54.8 Å². The second-order valence-corrected chi connectivity index (χ2v) is 8.94. The van der Waals surface area contributed by atoms with E-state index in [4.69, 9.17) is 21.1 Å². The molecule has 1 aliphatic rings. The van der Waals surface area contributed by atoms with Gasteiger partial charge in [0.15, 0.2) is 17.3 Å². The maximum atomic E-state index is 13.1. The van der Waals surface area contributed by atoms with Crippen LogP contribution >= 0.6 is 11.6 Å². The van der Waals surface area contributed by atoms with Crippen LogP contribution in [0.4, 0.5) is 0 Å². The van der Waals surface area contributed by atoms with Gasteiger partial charge in [-0.1, -0.05) is 54.8 Å². The normalized spacial score (nSPS) is 17.6. The molecule has 0 aromatic heterocycles. The summed E-state index contributed by atoms with van der Waals surface area (Å²) in [5.41, 5.74) is 2.69. The van der Waals surface area contributed by atoms with Gasteiger partial charge in [-0.15, -0.1) is 0 Å². The van der Waals surface area contributed by atoms with Crippen molar-refractivity contribution in [2.24, 2.45) is 0 Å². The number of ketones is 1. The fourth-order valence-corrected chi connectivity index (χ4v) is 4.80. The average Bonchev–Trinajstić information content (AvgIpc) is 2.88. The van der Waals surface area contributed by atoms with Crippen LogP contribution in [0.3, 0.4) is 0 Å². The SMILES string of the molecule is COc1ccc(C2CCCCC2NC(=O)c2ccc(C(=O)c3cccc(Cl)c3)cc2)cc1OC. The van der Waals surface area contributed by atoms with E-state index in [1.807, 2.05) is 18.2 Å². The molecule has 4 rings (SSSR count). The van der Waals surface area contributed by atoms with Gasteiger partial charge in [-0.2, -0.15) is 0 Å². The maximum absolute atomic E-state index is 13.1. The van der Waals surface area contributed by atoms with E-state index >= 15 is 0 Å². The molecular formula is C28H28ClNO4. The number of ether oxygens (including phenoxy) is 2. The molecule has 0 saturated heterocycles. The molecule has 1 amide bonds. The van der Waals surface area contributed by atoms with E-state index in [2.05, 4.69) is 5.32 Å². The summed E-state index contributed by atoms with van der Waals surface area (Å²) < 4.78 is 10.8. The van der Waals surface area contributed by atoms with Crippen LogP contribution in [0.2, 0.25) is 5.02 Å². The molecule has 0 spiro atoms. The van der Waals surface area contributed by atoms with Gasteiger partial charge in [0.1, 0.15) is 0 Å². The average molecular weight is 478 g/mol. The van der Waals surface area contributed by atoms with Gasteiger partial charge < -0.3 is 14.8 Å². The van der Waals surface area contributed by atoms with E-state index in [1.165, 1.54) is 0 Å². The van der Waals surface area contributed by atoms with Gasteiger partial charge >= 0.3 is 0 Å². The van der Waals surface area contributed by atoms with Crippen LogP contribution in [-0.2, 0) is 0 Å². The van der Waals surface area contributed by atoms with Crippen LogP contribution in [0.15, 0.2) is 66.7 Å². The number of hydrogen-bond acceptors (Lipinski definition) is 4. The number of rotatable bonds is 7. The molecule has 0 aliphatic heterocycles. The van der Waals surface area contributed by atoms with Crippen LogP contribution in [0.5, 0.6) is 11.5 Å². The Labute approximate surface area is 205 Å². The third-order valence-electron chi connectivity index (χ3n) is 6.41. The lowest BCUT2D eigenvalue weighted by molar-refractivity contribution is 0.0919. The minimum absolute atomic E-state index is 0.0205. The summed E-state index contributed by atoms with van der Waals surface area (Å²) in [7, 11) is 3.25. The lowest BCUT2D eigenvalue weighted by Crippen LogP contribution is -2.41. The number of carbonyl (C=O) groups excluding carboxylic acids is 2. The van der Waals surface area contributed by atoms with Crippen LogP contribution in [0.1, 0.15) is 63.4 Å². The molecule has 1 N–H and O–H groups in total. The second-order valence-electron chi connectivity index (χ2n) is 8.50. The molecule has 0 bridgehead atoms. The number of hydrogen-bond donors (Lipinski definition) is 1. The maximum Gasteiger partial charge on any atom is 0.251 e. The molecule has 1 aliphatic carbocycles. The molecule has 0 radical (unpaired) electrons. The Morgan fingerprint density at radius 2 is 1.53 bits per heavy atom. The van der Waals surface area contributed by atoms with Crippen molar-refractivity contribution in [2.75, 3.05) is 14.2 Å². The van der Waals surface area contributed by atoms with E-state index in [1.54, 1.807) is 62.8 Å². The zero-order valence-electron chi connectivity index (χ0n) is 19.3. The van der Waals surface area contributed by atoms with Crippen molar-refractivity contribution >= 4 is 23.3 Å². The zero-order valence-corrected chi connectivity index (χ0v) is 20.1. The summed E-state index contributed by atoms with van der Waals surface area (Å²) in [6.45, 7) is 0. The molecule has 2 atom stereocenters. The number of carbonyl (C=O) groups is 2. The molecule has 0 heterocycles. The summed E-state index contributed by atoms with van der Waals surface area (Å²) in [5, 5.41) is 3.74. The third kappa shape index (κ3) is 5.26. The van der Waals surface area contributed by atoms with Gasteiger partial charge in [0.2, 0.25) is 0 Å². The van der Waals surface area contributed by atoms with E-state index in [0.717, 1.165) is 31.2 Å². The van der Waals surface area contributed by atoms with Crippen molar-refractivity contribution in [1.29, 1.82) is 0 Å². The number of benzene rings is 3. The molecule has 2 unspecified atom stereocenters. The van der Waals surface area contributed by atoms with Crippen molar-refractivity contribution in [3.63, 3.8) is 0 Å². The van der Waals surface area contributed by atoms with E-state index in [9.17, 15) is 9.59 Å². The highest BCUT2D eigenvalue weighted by molar-refractivity contribution is 6.31. The molecule has 1 saturated carbocycles. The first-order chi connectivity index (χ1) is 16.5. The fraction of sp³-hybridized carbons (Fsp3) is 0.286. The van der Waals surface area contributed by atoms with Crippen molar-refractivity contribution in [2.45, 2.75) is 37.6 Å². The first-order valence-corrected chi connectivity index (χ1v) is 11.8. The topological polar surface area (TPSA) is 64.6 Å². The first-order valence-electron chi connectivity index (χ1n) is 11.4. The summed E-state index contributed by atoms with van der Waals surface area (Å²) in [6, 6.07) is 19.6. The Morgan fingerprint density at radius 3 is 2.24 bits per heavy atom. The molecule has 1 fully saturated rings. The smallest absolute Gasteiger partial charge is 0.251 e. The Bertz CT molecular complexity index is 1180. The van der Waals surface area contributed by atoms with Gasteiger partial charge in [-0.3, -0.25) is 9.59 Å². The Balaban J connectivity index is 1.48. The summed E-state index contributed by atoms with van der Waals surface area (Å²) in [6.07, 6.45) is 4.09. The fourth-order valence-electron chi connectivity index (χ4n) is 4.61. The van der Waals surface area contributed by atoms with Gasteiger partial charge in [0.05, 0.1) is 14.2 Å². The van der Waals surface area contributed by atoms with Crippen LogP contribution in [-0.4, -0.2) is 32.0 Å². The second kappa shape index (κ2) is 10.7. The van der Waals surface area contributed by atoms with Crippen molar-refractivity contribution in [3.8, 4) is 11.5 Å². The van der Waals surface area contributed by atoms with Gasteiger partial charge in [-0.25, -0.2) is 0 Å². The van der Waals surface area contributed by atoms with Crippen molar-refractivity contribution < 1.29 is 19.1 Å². The van der Waals surface area contributed by atoms with Crippen molar-refractivity contribution in [1.82, 2.24) is 5.32 Å². The monoisotopic (exact) mass is 477 g/mol. The van der Waals surface area contributed by atoms with Crippen LogP contribution in [0.25, 0.3) is 0 Å². The summed E-state index contributed by atoms with van der Waals surface area (Å²) in [5.74, 6) is 1.31. The molecule has 3 aromatic carbocycles. The predicted molar refractivity (Wildman–Crippen MR) is 133 cm³/mol. The standard InChI is InChI=1S/C28H28ClNO4/c1-33-25-15-14-20(17-26(25)34-2)23-8-3-4-9-24(23)30-28(32)19-12-10-18(11-13-19)27(31)21-6-5-7-22(29)16-21/h5-7,10-17,23-24H,3-4,8-9H2,1-2H3,(H,30,32). The number of nitrogens with one attached hydrogen (secondary N) is 1. The van der Waals surface area contributed by atoms with E-state index in [0.29, 0.717) is 33.2 Å². The highest BCUT2D eigenvalue weighted by Gasteiger charge is 2.29. The van der Waals surface area contributed by atoms with Crippen LogP contribution in [0, 0.1) is 0 Å². The van der Waals surface area contributed by atoms with Crippen LogP contribution < -0.4 is 14.8 Å². The highest BCUT2D eigenvalue weighted by atomic mass is 35.5. The lowest BCUT2D eigenvalue weighted by Gasteiger charge is -2.33. The molecule has 176 valence electrons. The summed E-state index contributed by atoms with van der Waals surface area (Å²) in [4.78, 5) is 25.8. The van der Waals surface area contributed by atoms with E-state index < -0.39 is 0 Å². The van der Waals surface area contributed by atoms with Gasteiger partial charge in [0, 0.05) is 33.7 Å². The largest absolute Gasteiger partial charge is 0.493 e. The molecule has 6 heteroatoms. The van der Waals surface area contributed by atoms with Gasteiger partial charge in [0.25, 0.3) is 5.91 Å². The molecular weight excluding hydrogens is 450 g/mol. The lowest BCUT2D eigenvalue weighted by atomic mass is 9.79. The first kappa shape index (κ1) is 23.8. The minimum atomic E-state index is -0.140. The quantitative estimate of drug-likeness (QED) is 0.421. The van der Waals surface area contributed by atoms with Crippen molar-refractivity contribution in [3.05, 3.63) is 94.0 Å². The predicted octanol–water partition coefficient (Wildman–Crippen LogP) is 6.04. The molecule has 3 aromatic rings. The highest BCUT2D eigenvalue weighted by Crippen LogP contribution is 2.37. The Kier molecular flexibility index (Phi) is 7.53. The number of amides is 1. The Hall–Kier alpha value is -3.31. The summed E-state index contributed by atoms with van der Waals surface area (Å²) >= 11 is 6.01. The third-order valence-corrected chi connectivity index (χ3v) is 6.65. The number of halogens is 1. The van der Waals surface area contributed by atoms with E-state index in [-0.39, 0.29) is 23.7 Å².